The Balaban J connectivity index is 1.50. The van der Waals surface area contributed by atoms with Crippen LogP contribution in [0.4, 0.5) is 8.78 Å². The zero-order valence-electron chi connectivity index (χ0n) is 15.0. The Kier molecular flexibility index (Phi) is 4.72. The van der Waals surface area contributed by atoms with E-state index in [1.165, 1.54) is 19.2 Å². The summed E-state index contributed by atoms with van der Waals surface area (Å²) in [5.74, 6) is -2.39. The molecule has 1 aliphatic heterocycles. The van der Waals surface area contributed by atoms with Gasteiger partial charge in [0, 0.05) is 24.6 Å². The Morgan fingerprint density at radius 2 is 2.14 bits per heavy atom. The molecule has 1 amide bonds. The first-order valence-corrected chi connectivity index (χ1v) is 8.71. The summed E-state index contributed by atoms with van der Waals surface area (Å²) in [6, 6.07) is 6.07. The first kappa shape index (κ1) is 18.0. The molecule has 0 saturated carbocycles. The first-order chi connectivity index (χ1) is 13.6. The maximum Gasteiger partial charge on any atom is 0.271 e. The Hall–Kier alpha value is -3.36. The number of hydrogen-bond acceptors (Lipinski definition) is 5. The highest BCUT2D eigenvalue weighted by Crippen LogP contribution is 2.32. The zero-order chi connectivity index (χ0) is 19.7. The summed E-state index contributed by atoms with van der Waals surface area (Å²) in [5, 5.41) is 14.4. The quantitative estimate of drug-likeness (QED) is 0.747. The summed E-state index contributed by atoms with van der Waals surface area (Å²) < 4.78 is 32.4. The third-order valence-corrected chi connectivity index (χ3v) is 4.87. The number of rotatable bonds is 4. The monoisotopic (exact) mass is 385 g/mol. The van der Waals surface area contributed by atoms with E-state index < -0.39 is 11.6 Å². The minimum Gasteiger partial charge on any atom is -0.494 e. The molecule has 9 heteroatoms. The van der Waals surface area contributed by atoms with Crippen molar-refractivity contribution in [2.75, 3.05) is 20.2 Å². The van der Waals surface area contributed by atoms with E-state index >= 15 is 0 Å². The number of H-pyrrole nitrogens is 1. The zero-order valence-corrected chi connectivity index (χ0v) is 15.0. The van der Waals surface area contributed by atoms with Crippen molar-refractivity contribution >= 4 is 5.91 Å². The molecular formula is C19H17F2N5O2. The van der Waals surface area contributed by atoms with Crippen LogP contribution in [0, 0.1) is 11.6 Å². The lowest BCUT2D eigenvalue weighted by Gasteiger charge is -2.16. The molecule has 1 aromatic carbocycles. The van der Waals surface area contributed by atoms with Gasteiger partial charge >= 0.3 is 0 Å². The number of halogens is 2. The van der Waals surface area contributed by atoms with E-state index in [-0.39, 0.29) is 17.6 Å². The van der Waals surface area contributed by atoms with Gasteiger partial charge in [0.1, 0.15) is 5.69 Å². The number of carbonyl (C=O) groups excluding carboxylic acids is 1. The minimum absolute atomic E-state index is 0.0975. The smallest absolute Gasteiger partial charge is 0.271 e. The highest BCUT2D eigenvalue weighted by molar-refractivity contribution is 5.93. The molecule has 3 aromatic rings. The fraction of sp³-hybridized carbons (Fsp3) is 0.263. The Morgan fingerprint density at radius 1 is 1.29 bits per heavy atom. The number of benzene rings is 1. The van der Waals surface area contributed by atoms with Gasteiger partial charge in [-0.2, -0.15) is 19.7 Å². The molecule has 28 heavy (non-hydrogen) atoms. The van der Waals surface area contributed by atoms with Crippen molar-refractivity contribution in [2.24, 2.45) is 0 Å². The van der Waals surface area contributed by atoms with Crippen LogP contribution >= 0.6 is 0 Å². The highest BCUT2D eigenvalue weighted by atomic mass is 19.2. The van der Waals surface area contributed by atoms with Gasteiger partial charge < -0.3 is 9.64 Å². The number of nitrogens with one attached hydrogen (secondary N) is 1. The summed E-state index contributed by atoms with van der Waals surface area (Å²) in [4.78, 5) is 14.4. The van der Waals surface area contributed by atoms with Crippen LogP contribution in [0.25, 0.3) is 11.3 Å². The van der Waals surface area contributed by atoms with Crippen LogP contribution in [-0.2, 0) is 0 Å². The molecule has 0 bridgehead atoms. The average molecular weight is 385 g/mol. The molecule has 1 atom stereocenters. The molecule has 4 rings (SSSR count). The van der Waals surface area contributed by atoms with Crippen LogP contribution in [0.15, 0.2) is 36.7 Å². The van der Waals surface area contributed by atoms with Crippen LogP contribution in [-0.4, -0.2) is 51.4 Å². The van der Waals surface area contributed by atoms with Gasteiger partial charge in [-0.25, -0.2) is 4.39 Å². The van der Waals surface area contributed by atoms with Crippen molar-refractivity contribution in [1.82, 2.24) is 25.3 Å². The molecule has 0 radical (unpaired) electrons. The fourth-order valence-corrected chi connectivity index (χ4v) is 3.38. The van der Waals surface area contributed by atoms with Crippen molar-refractivity contribution in [3.05, 3.63) is 59.6 Å². The molecule has 1 saturated heterocycles. The average Bonchev–Trinajstić information content (AvgIpc) is 3.40. The number of ether oxygens (including phenoxy) is 1. The van der Waals surface area contributed by atoms with E-state index in [0.717, 1.165) is 5.56 Å². The summed E-state index contributed by atoms with van der Waals surface area (Å²) in [5.41, 5.74) is 2.31. The second-order valence-corrected chi connectivity index (χ2v) is 6.55. The largest absolute Gasteiger partial charge is 0.494 e. The summed E-state index contributed by atoms with van der Waals surface area (Å²) in [6.45, 7) is 0.911. The number of aromatic amines is 1. The molecule has 1 aliphatic rings. The van der Waals surface area contributed by atoms with Crippen molar-refractivity contribution in [3.63, 3.8) is 0 Å². The number of amides is 1. The van der Waals surface area contributed by atoms with Gasteiger partial charge in [0.2, 0.25) is 5.82 Å². The van der Waals surface area contributed by atoms with E-state index in [9.17, 15) is 13.6 Å². The highest BCUT2D eigenvalue weighted by Gasteiger charge is 2.30. The van der Waals surface area contributed by atoms with Gasteiger partial charge in [-0.05, 0) is 36.2 Å². The second kappa shape index (κ2) is 7.34. The normalized spacial score (nSPS) is 16.4. The Labute approximate surface area is 159 Å². The molecule has 2 aromatic heterocycles. The summed E-state index contributed by atoms with van der Waals surface area (Å²) in [7, 11) is 1.29. The maximum atomic E-state index is 13.8. The number of nitrogens with zero attached hydrogens (tertiary/aromatic N) is 4. The van der Waals surface area contributed by atoms with Gasteiger partial charge in [-0.15, -0.1) is 0 Å². The lowest BCUT2D eigenvalue weighted by atomic mass is 9.98. The molecule has 1 fully saturated rings. The Bertz CT molecular complexity index is 1010. The van der Waals surface area contributed by atoms with Crippen molar-refractivity contribution < 1.29 is 18.3 Å². The molecule has 1 N–H and O–H groups in total. The molecule has 0 aliphatic carbocycles. The lowest BCUT2D eigenvalue weighted by Crippen LogP contribution is -2.28. The summed E-state index contributed by atoms with van der Waals surface area (Å²) in [6.07, 6.45) is 3.76. The summed E-state index contributed by atoms with van der Waals surface area (Å²) >= 11 is 0. The predicted molar refractivity (Wildman–Crippen MR) is 95.8 cm³/mol. The van der Waals surface area contributed by atoms with Gasteiger partial charge in [-0.3, -0.25) is 9.89 Å². The van der Waals surface area contributed by atoms with Crippen LogP contribution in [0.2, 0.25) is 0 Å². The number of carbonyl (C=O) groups is 1. The van der Waals surface area contributed by atoms with Crippen molar-refractivity contribution in [3.8, 4) is 17.0 Å². The molecule has 3 heterocycles. The third-order valence-electron chi connectivity index (χ3n) is 4.87. The SMILES string of the molecule is COc1cc(C2CCN(C(=O)c3cc(-c4ccnnc4)n[nH]3)C2)cc(F)c1F. The predicted octanol–water partition coefficient (Wildman–Crippen LogP) is 2.78. The van der Waals surface area contributed by atoms with E-state index in [1.807, 2.05) is 0 Å². The number of methoxy groups -OCH3 is 1. The molecule has 7 nitrogen and oxygen atoms in total. The van der Waals surface area contributed by atoms with Crippen LogP contribution in [0.5, 0.6) is 5.75 Å². The minimum atomic E-state index is -1.01. The van der Waals surface area contributed by atoms with Gasteiger partial charge in [0.15, 0.2) is 11.6 Å². The fourth-order valence-electron chi connectivity index (χ4n) is 3.38. The van der Waals surface area contributed by atoms with E-state index in [0.29, 0.717) is 36.5 Å². The van der Waals surface area contributed by atoms with E-state index in [1.54, 1.807) is 29.4 Å². The first-order valence-electron chi connectivity index (χ1n) is 8.71. The van der Waals surface area contributed by atoms with Gasteiger partial charge in [0.05, 0.1) is 25.2 Å². The topological polar surface area (TPSA) is 84.0 Å². The van der Waals surface area contributed by atoms with Gasteiger partial charge in [-0.1, -0.05) is 0 Å². The third kappa shape index (κ3) is 3.30. The van der Waals surface area contributed by atoms with E-state index in [2.05, 4.69) is 20.4 Å². The van der Waals surface area contributed by atoms with Gasteiger partial charge in [0.25, 0.3) is 5.91 Å². The lowest BCUT2D eigenvalue weighted by molar-refractivity contribution is 0.0785. The van der Waals surface area contributed by atoms with Crippen molar-refractivity contribution in [1.29, 1.82) is 0 Å². The van der Waals surface area contributed by atoms with Crippen LogP contribution < -0.4 is 4.74 Å². The number of hydrogen-bond donors (Lipinski definition) is 1. The molecule has 1 unspecified atom stereocenters. The molecule has 0 spiro atoms. The maximum absolute atomic E-state index is 13.8. The van der Waals surface area contributed by atoms with E-state index in [4.69, 9.17) is 4.74 Å². The Morgan fingerprint density at radius 3 is 2.89 bits per heavy atom. The number of aromatic nitrogens is 4. The second-order valence-electron chi connectivity index (χ2n) is 6.55. The standard InChI is InChI=1S/C19H17F2N5O2/c1-28-17-7-13(6-14(20)18(17)21)12-3-5-26(10-12)19(27)16-8-15(24-25-16)11-2-4-22-23-9-11/h2,4,6-9,12H,3,5,10H2,1H3,(H,24,25). The number of likely N-dealkylation sites (tertiary alicyclic amines) is 1. The van der Waals surface area contributed by atoms with Crippen LogP contribution in [0.1, 0.15) is 28.4 Å². The molecular weight excluding hydrogens is 368 g/mol. The molecule has 144 valence electrons. The van der Waals surface area contributed by atoms with Crippen LogP contribution in [0.3, 0.4) is 0 Å². The van der Waals surface area contributed by atoms with Crippen molar-refractivity contribution in [2.45, 2.75) is 12.3 Å².